The minimum atomic E-state index is -4.42. The molecule has 0 aromatic carbocycles. The maximum Gasteiger partial charge on any atom is 0.433 e. The Morgan fingerprint density at radius 1 is 1.35 bits per heavy atom. The van der Waals surface area contributed by atoms with Crippen molar-refractivity contribution in [1.82, 2.24) is 9.88 Å². The first kappa shape index (κ1) is 18.0. The number of aliphatic hydroxyl groups is 1. The molecule has 0 bridgehead atoms. The Morgan fingerprint density at radius 3 is 2.70 bits per heavy atom. The molecule has 1 aromatic heterocycles. The van der Waals surface area contributed by atoms with Crippen LogP contribution in [0.1, 0.15) is 25.0 Å². The fourth-order valence-corrected chi connectivity index (χ4v) is 3.30. The van der Waals surface area contributed by atoms with E-state index in [9.17, 15) is 13.2 Å². The SMILES string of the molecule is CN(C)[C@@H]1CCN(c2cccc(C(F)(F)F)n2)C[C@@H]1CCCO. The average Bonchev–Trinajstić information content (AvgIpc) is 2.51. The topological polar surface area (TPSA) is 39.6 Å². The Balaban J connectivity index is 2.15. The molecule has 7 heteroatoms. The summed E-state index contributed by atoms with van der Waals surface area (Å²) in [6.45, 7) is 1.49. The van der Waals surface area contributed by atoms with Gasteiger partial charge in [-0.05, 0) is 51.4 Å². The van der Waals surface area contributed by atoms with Crippen LogP contribution in [0, 0.1) is 5.92 Å². The van der Waals surface area contributed by atoms with E-state index in [0.29, 0.717) is 37.3 Å². The number of aliphatic hydroxyl groups excluding tert-OH is 1. The maximum absolute atomic E-state index is 12.8. The van der Waals surface area contributed by atoms with E-state index in [-0.39, 0.29) is 6.61 Å². The third kappa shape index (κ3) is 4.57. The predicted molar refractivity (Wildman–Crippen MR) is 83.4 cm³/mol. The van der Waals surface area contributed by atoms with Gasteiger partial charge in [-0.25, -0.2) is 4.98 Å². The van der Waals surface area contributed by atoms with Gasteiger partial charge < -0.3 is 14.9 Å². The summed E-state index contributed by atoms with van der Waals surface area (Å²) in [5, 5.41) is 9.07. The van der Waals surface area contributed by atoms with Crippen LogP contribution in [0.2, 0.25) is 0 Å². The summed E-state index contributed by atoms with van der Waals surface area (Å²) in [7, 11) is 4.05. The first-order valence-corrected chi connectivity index (χ1v) is 7.89. The molecule has 1 saturated heterocycles. The number of alkyl halides is 3. The summed E-state index contributed by atoms with van der Waals surface area (Å²) in [5.41, 5.74) is -0.850. The van der Waals surface area contributed by atoms with E-state index in [1.54, 1.807) is 6.07 Å². The van der Waals surface area contributed by atoms with Crippen molar-refractivity contribution in [1.29, 1.82) is 0 Å². The smallest absolute Gasteiger partial charge is 0.396 e. The molecule has 0 amide bonds. The highest BCUT2D eigenvalue weighted by atomic mass is 19.4. The third-order valence-corrected chi connectivity index (χ3v) is 4.44. The summed E-state index contributed by atoms with van der Waals surface area (Å²) < 4.78 is 38.5. The van der Waals surface area contributed by atoms with Crippen molar-refractivity contribution in [2.24, 2.45) is 5.92 Å². The molecule has 130 valence electrons. The Bertz CT molecular complexity index is 508. The molecule has 1 N–H and O–H groups in total. The van der Waals surface area contributed by atoms with Crippen LogP contribution in [0.15, 0.2) is 18.2 Å². The molecule has 4 nitrogen and oxygen atoms in total. The number of nitrogens with zero attached hydrogens (tertiary/aromatic N) is 3. The Labute approximate surface area is 134 Å². The predicted octanol–water partition coefficient (Wildman–Crippen LogP) is 2.63. The van der Waals surface area contributed by atoms with Crippen molar-refractivity contribution < 1.29 is 18.3 Å². The fourth-order valence-electron chi connectivity index (χ4n) is 3.30. The molecule has 2 atom stereocenters. The van der Waals surface area contributed by atoms with Gasteiger partial charge in [-0.1, -0.05) is 6.07 Å². The first-order chi connectivity index (χ1) is 10.8. The summed E-state index contributed by atoms with van der Waals surface area (Å²) in [6, 6.07) is 4.42. The van der Waals surface area contributed by atoms with Gasteiger partial charge in [-0.3, -0.25) is 0 Å². The molecule has 0 radical (unpaired) electrons. The van der Waals surface area contributed by atoms with Crippen LogP contribution in [0.4, 0.5) is 19.0 Å². The monoisotopic (exact) mass is 331 g/mol. The molecule has 0 spiro atoms. The molecule has 1 aromatic rings. The van der Waals surface area contributed by atoms with E-state index in [4.69, 9.17) is 5.11 Å². The highest BCUT2D eigenvalue weighted by Gasteiger charge is 2.34. The Morgan fingerprint density at radius 2 is 2.09 bits per heavy atom. The van der Waals surface area contributed by atoms with E-state index in [1.807, 2.05) is 19.0 Å². The zero-order chi connectivity index (χ0) is 17.0. The standard InChI is InChI=1S/C16H24F3N3O/c1-21(2)13-8-9-22(11-12(13)5-4-10-23)15-7-3-6-14(20-15)16(17,18)19/h3,6-7,12-13,23H,4-5,8-11H2,1-2H3/t12-,13+/m0/s1. The van der Waals surface area contributed by atoms with Crippen LogP contribution in [0.25, 0.3) is 0 Å². The van der Waals surface area contributed by atoms with Gasteiger partial charge in [-0.15, -0.1) is 0 Å². The van der Waals surface area contributed by atoms with Crippen LogP contribution >= 0.6 is 0 Å². The number of anilines is 1. The molecular formula is C16H24F3N3O. The molecule has 0 unspecified atom stereocenters. The summed E-state index contributed by atoms with van der Waals surface area (Å²) in [4.78, 5) is 7.88. The molecular weight excluding hydrogens is 307 g/mol. The lowest BCUT2D eigenvalue weighted by Gasteiger charge is -2.42. The van der Waals surface area contributed by atoms with Crippen molar-refractivity contribution in [2.45, 2.75) is 31.5 Å². The second-order valence-electron chi connectivity index (χ2n) is 6.27. The second kappa shape index (κ2) is 7.49. The number of halogens is 3. The zero-order valence-electron chi connectivity index (χ0n) is 13.6. The van der Waals surface area contributed by atoms with Gasteiger partial charge in [0, 0.05) is 25.7 Å². The van der Waals surface area contributed by atoms with Crippen molar-refractivity contribution in [3.05, 3.63) is 23.9 Å². The molecule has 1 aliphatic heterocycles. The number of hydrogen-bond acceptors (Lipinski definition) is 4. The van der Waals surface area contributed by atoms with Crippen LogP contribution in [-0.4, -0.2) is 54.8 Å². The van der Waals surface area contributed by atoms with Gasteiger partial charge in [0.2, 0.25) is 0 Å². The lowest BCUT2D eigenvalue weighted by molar-refractivity contribution is -0.141. The number of pyridine rings is 1. The molecule has 2 heterocycles. The molecule has 0 aliphatic carbocycles. The van der Waals surface area contributed by atoms with Gasteiger partial charge in [0.05, 0.1) is 0 Å². The number of aromatic nitrogens is 1. The quantitative estimate of drug-likeness (QED) is 0.900. The summed E-state index contributed by atoms with van der Waals surface area (Å²) in [6.07, 6.45) is -1.98. The largest absolute Gasteiger partial charge is 0.433 e. The molecule has 1 aliphatic rings. The Hall–Kier alpha value is -1.34. The summed E-state index contributed by atoms with van der Waals surface area (Å²) in [5.74, 6) is 0.688. The first-order valence-electron chi connectivity index (χ1n) is 7.89. The second-order valence-corrected chi connectivity index (χ2v) is 6.27. The van der Waals surface area contributed by atoms with Gasteiger partial charge in [0.25, 0.3) is 0 Å². The van der Waals surface area contributed by atoms with E-state index in [1.165, 1.54) is 6.07 Å². The van der Waals surface area contributed by atoms with Crippen molar-refractivity contribution in [3.63, 3.8) is 0 Å². The highest BCUT2D eigenvalue weighted by Crippen LogP contribution is 2.31. The van der Waals surface area contributed by atoms with Gasteiger partial charge in [0.15, 0.2) is 0 Å². The highest BCUT2D eigenvalue weighted by molar-refractivity contribution is 5.40. The van der Waals surface area contributed by atoms with Crippen molar-refractivity contribution in [3.8, 4) is 0 Å². The normalized spacial score (nSPS) is 22.7. The lowest BCUT2D eigenvalue weighted by Crippen LogP contribution is -2.49. The van der Waals surface area contributed by atoms with E-state index in [0.717, 1.165) is 18.9 Å². The van der Waals surface area contributed by atoms with E-state index < -0.39 is 11.9 Å². The van der Waals surface area contributed by atoms with Crippen LogP contribution in [0.3, 0.4) is 0 Å². The minimum Gasteiger partial charge on any atom is -0.396 e. The maximum atomic E-state index is 12.8. The average molecular weight is 331 g/mol. The number of piperidine rings is 1. The van der Waals surface area contributed by atoms with Crippen LogP contribution in [-0.2, 0) is 6.18 Å². The molecule has 0 saturated carbocycles. The zero-order valence-corrected chi connectivity index (χ0v) is 13.6. The van der Waals surface area contributed by atoms with Gasteiger partial charge in [-0.2, -0.15) is 13.2 Å². The van der Waals surface area contributed by atoms with E-state index in [2.05, 4.69) is 9.88 Å². The van der Waals surface area contributed by atoms with Gasteiger partial charge >= 0.3 is 6.18 Å². The molecule has 23 heavy (non-hydrogen) atoms. The summed E-state index contributed by atoms with van der Waals surface area (Å²) >= 11 is 0. The van der Waals surface area contributed by atoms with Crippen LogP contribution < -0.4 is 4.90 Å². The van der Waals surface area contributed by atoms with Crippen molar-refractivity contribution >= 4 is 5.82 Å². The Kier molecular flexibility index (Phi) is 5.86. The molecule has 1 fully saturated rings. The molecule has 2 rings (SSSR count). The third-order valence-electron chi connectivity index (χ3n) is 4.44. The van der Waals surface area contributed by atoms with E-state index >= 15 is 0 Å². The number of hydrogen-bond donors (Lipinski definition) is 1. The minimum absolute atomic E-state index is 0.137. The van der Waals surface area contributed by atoms with Gasteiger partial charge in [0.1, 0.15) is 11.5 Å². The lowest BCUT2D eigenvalue weighted by atomic mass is 9.87. The van der Waals surface area contributed by atoms with Crippen LogP contribution in [0.5, 0.6) is 0 Å². The van der Waals surface area contributed by atoms with Crippen molar-refractivity contribution in [2.75, 3.05) is 38.7 Å². The fraction of sp³-hybridized carbons (Fsp3) is 0.688. The number of rotatable bonds is 5.